The van der Waals surface area contributed by atoms with Crippen LogP contribution in [0.1, 0.15) is 42.8 Å². The quantitative estimate of drug-likeness (QED) is 0.767. The van der Waals surface area contributed by atoms with Crippen molar-refractivity contribution in [3.8, 4) is 5.75 Å². The first-order valence-corrected chi connectivity index (χ1v) is 10.9. The summed E-state index contributed by atoms with van der Waals surface area (Å²) in [7, 11) is 1.80. The lowest BCUT2D eigenvalue weighted by atomic mass is 9.96. The number of likely N-dealkylation sites (tertiary alicyclic amines) is 1. The molecular weight excluding hydrogens is 413 g/mol. The van der Waals surface area contributed by atoms with Gasteiger partial charge in [-0.05, 0) is 25.0 Å². The van der Waals surface area contributed by atoms with E-state index in [1.807, 2.05) is 4.90 Å². The van der Waals surface area contributed by atoms with Crippen molar-refractivity contribution >= 4 is 17.6 Å². The second-order valence-electron chi connectivity index (χ2n) is 8.19. The minimum atomic E-state index is -0.492. The van der Waals surface area contributed by atoms with Gasteiger partial charge in [0.1, 0.15) is 11.6 Å². The van der Waals surface area contributed by atoms with Crippen molar-refractivity contribution in [2.75, 3.05) is 38.6 Å². The molecule has 0 spiro atoms. The summed E-state index contributed by atoms with van der Waals surface area (Å²) in [4.78, 5) is 37.6. The monoisotopic (exact) mass is 441 g/mol. The maximum atomic E-state index is 13.7. The van der Waals surface area contributed by atoms with E-state index >= 15 is 0 Å². The number of amides is 2. The van der Waals surface area contributed by atoms with Gasteiger partial charge in [0.25, 0.3) is 5.91 Å². The maximum absolute atomic E-state index is 13.7. The molecule has 0 unspecified atom stereocenters. The van der Waals surface area contributed by atoms with Crippen LogP contribution < -0.4 is 10.1 Å². The molecule has 2 aromatic rings. The van der Waals surface area contributed by atoms with Crippen molar-refractivity contribution in [3.05, 3.63) is 47.2 Å². The smallest absolute Gasteiger partial charge is 0.260 e. The number of hydrogen-bond donors (Lipinski definition) is 1. The van der Waals surface area contributed by atoms with E-state index in [4.69, 9.17) is 14.7 Å². The second kappa shape index (κ2) is 9.50. The predicted octanol–water partition coefficient (Wildman–Crippen LogP) is 2.35. The Morgan fingerprint density at radius 1 is 1.22 bits per heavy atom. The van der Waals surface area contributed by atoms with Crippen LogP contribution in [0.2, 0.25) is 0 Å². The highest BCUT2D eigenvalue weighted by molar-refractivity contribution is 5.78. The Morgan fingerprint density at radius 3 is 2.78 bits per heavy atom. The maximum Gasteiger partial charge on any atom is 0.260 e. The fourth-order valence-corrected chi connectivity index (χ4v) is 4.30. The van der Waals surface area contributed by atoms with E-state index in [2.05, 4.69) is 5.32 Å². The van der Waals surface area contributed by atoms with Crippen molar-refractivity contribution in [3.63, 3.8) is 0 Å². The molecule has 1 saturated heterocycles. The SMILES string of the molecule is CNc1nc([C@@H]2CCCN(C(C)=O)C2)nc2c1CN(C(=O)COc1ccccc1F)CC2. The summed E-state index contributed by atoms with van der Waals surface area (Å²) in [6, 6.07) is 6.04. The molecule has 4 rings (SSSR count). The van der Waals surface area contributed by atoms with Crippen LogP contribution in [0.3, 0.4) is 0 Å². The predicted molar refractivity (Wildman–Crippen MR) is 117 cm³/mol. The number of hydrogen-bond acceptors (Lipinski definition) is 6. The standard InChI is InChI=1S/C23H28FN5O3/c1-15(30)28-10-5-6-16(12-28)22-26-19-9-11-29(13-17(19)23(25-2)27-22)21(31)14-32-20-8-4-3-7-18(20)24/h3-4,7-8,16H,5-6,9-14H2,1-2H3,(H,25,26,27)/t16-/m1/s1. The zero-order valence-corrected chi connectivity index (χ0v) is 18.4. The summed E-state index contributed by atoms with van der Waals surface area (Å²) in [6.07, 6.45) is 2.49. The number of benzene rings is 1. The van der Waals surface area contributed by atoms with Gasteiger partial charge in [0.05, 0.1) is 12.2 Å². The molecule has 1 aromatic heterocycles. The van der Waals surface area contributed by atoms with E-state index in [0.717, 1.165) is 36.5 Å². The Balaban J connectivity index is 1.46. The van der Waals surface area contributed by atoms with E-state index < -0.39 is 5.82 Å². The zero-order chi connectivity index (χ0) is 22.7. The second-order valence-corrected chi connectivity index (χ2v) is 8.19. The van der Waals surface area contributed by atoms with Gasteiger partial charge in [0.15, 0.2) is 18.2 Å². The number of nitrogens with one attached hydrogen (secondary N) is 1. The van der Waals surface area contributed by atoms with E-state index in [1.165, 1.54) is 12.1 Å². The highest BCUT2D eigenvalue weighted by atomic mass is 19.1. The average Bonchev–Trinajstić information content (AvgIpc) is 2.82. The van der Waals surface area contributed by atoms with Crippen LogP contribution in [0.15, 0.2) is 24.3 Å². The summed E-state index contributed by atoms with van der Waals surface area (Å²) in [6.45, 7) is 3.66. The van der Waals surface area contributed by atoms with Crippen molar-refractivity contribution in [2.45, 2.75) is 38.6 Å². The lowest BCUT2D eigenvalue weighted by molar-refractivity contribution is -0.134. The summed E-state index contributed by atoms with van der Waals surface area (Å²) < 4.78 is 19.1. The normalized spacial score (nSPS) is 18.2. The van der Waals surface area contributed by atoms with Gasteiger partial charge >= 0.3 is 0 Å². The van der Waals surface area contributed by atoms with Gasteiger partial charge in [0, 0.05) is 51.5 Å². The molecule has 9 heteroatoms. The number of ether oxygens (including phenoxy) is 1. The molecule has 32 heavy (non-hydrogen) atoms. The molecule has 0 bridgehead atoms. The van der Waals surface area contributed by atoms with Crippen LogP contribution in [0.4, 0.5) is 10.2 Å². The molecule has 8 nitrogen and oxygen atoms in total. The third-order valence-corrected chi connectivity index (χ3v) is 6.09. The number of anilines is 1. The highest BCUT2D eigenvalue weighted by Crippen LogP contribution is 2.30. The van der Waals surface area contributed by atoms with E-state index in [0.29, 0.717) is 31.9 Å². The Bertz CT molecular complexity index is 998. The van der Waals surface area contributed by atoms with Gasteiger partial charge in [0.2, 0.25) is 5.91 Å². The number of fused-ring (bicyclic) bond motifs is 1. The van der Waals surface area contributed by atoms with Crippen LogP contribution in [0, 0.1) is 5.82 Å². The largest absolute Gasteiger partial charge is 0.481 e. The van der Waals surface area contributed by atoms with Gasteiger partial charge in [-0.15, -0.1) is 0 Å². The third-order valence-electron chi connectivity index (χ3n) is 6.09. The first kappa shape index (κ1) is 22.0. The molecule has 170 valence electrons. The molecular formula is C23H28FN5O3. The van der Waals surface area contributed by atoms with Crippen molar-refractivity contribution in [1.29, 1.82) is 0 Å². The average molecular weight is 442 g/mol. The Labute approximate surface area is 186 Å². The summed E-state index contributed by atoms with van der Waals surface area (Å²) in [5.41, 5.74) is 1.82. The Kier molecular flexibility index (Phi) is 6.53. The fourth-order valence-electron chi connectivity index (χ4n) is 4.30. The van der Waals surface area contributed by atoms with Crippen LogP contribution in [-0.4, -0.2) is 64.9 Å². The third kappa shape index (κ3) is 4.66. The number of carbonyl (C=O) groups excluding carboxylic acids is 2. The van der Waals surface area contributed by atoms with E-state index in [-0.39, 0.29) is 30.1 Å². The lowest BCUT2D eigenvalue weighted by Gasteiger charge is -2.33. The number of aromatic nitrogens is 2. The number of nitrogens with zero attached hydrogens (tertiary/aromatic N) is 4. The zero-order valence-electron chi connectivity index (χ0n) is 18.4. The molecule has 1 fully saturated rings. The summed E-state index contributed by atoms with van der Waals surface area (Å²) >= 11 is 0. The van der Waals surface area contributed by atoms with E-state index in [1.54, 1.807) is 31.0 Å². The number of rotatable bonds is 5. The summed E-state index contributed by atoms with van der Waals surface area (Å²) in [5.74, 6) is 1.00. The first-order valence-electron chi connectivity index (χ1n) is 10.9. The molecule has 2 aliphatic heterocycles. The molecule has 1 N–H and O–H groups in total. The Morgan fingerprint density at radius 2 is 2.03 bits per heavy atom. The first-order chi connectivity index (χ1) is 15.5. The minimum absolute atomic E-state index is 0.0641. The van der Waals surface area contributed by atoms with Crippen LogP contribution in [0.25, 0.3) is 0 Å². The molecule has 3 heterocycles. The van der Waals surface area contributed by atoms with Gasteiger partial charge in [-0.3, -0.25) is 9.59 Å². The van der Waals surface area contributed by atoms with E-state index in [9.17, 15) is 14.0 Å². The van der Waals surface area contributed by atoms with Crippen molar-refractivity contribution < 1.29 is 18.7 Å². The van der Waals surface area contributed by atoms with Crippen LogP contribution in [0.5, 0.6) is 5.75 Å². The number of halogens is 1. The molecule has 0 saturated carbocycles. The highest BCUT2D eigenvalue weighted by Gasteiger charge is 2.29. The van der Waals surface area contributed by atoms with Crippen LogP contribution in [-0.2, 0) is 22.6 Å². The summed E-state index contributed by atoms with van der Waals surface area (Å²) in [5, 5.41) is 3.14. The molecule has 2 aliphatic rings. The number of carbonyl (C=O) groups is 2. The van der Waals surface area contributed by atoms with Crippen molar-refractivity contribution in [1.82, 2.24) is 19.8 Å². The van der Waals surface area contributed by atoms with Gasteiger partial charge in [-0.1, -0.05) is 12.1 Å². The van der Waals surface area contributed by atoms with Gasteiger partial charge in [-0.25, -0.2) is 14.4 Å². The molecule has 0 aliphatic carbocycles. The fraction of sp³-hybridized carbons (Fsp3) is 0.478. The van der Waals surface area contributed by atoms with Gasteiger partial charge in [-0.2, -0.15) is 0 Å². The molecule has 0 radical (unpaired) electrons. The number of para-hydroxylation sites is 1. The van der Waals surface area contributed by atoms with Gasteiger partial charge < -0.3 is 19.9 Å². The topological polar surface area (TPSA) is 87.7 Å². The molecule has 1 aromatic carbocycles. The minimum Gasteiger partial charge on any atom is -0.481 e. The lowest BCUT2D eigenvalue weighted by Crippen LogP contribution is -2.40. The Hall–Kier alpha value is -3.23. The molecule has 1 atom stereocenters. The van der Waals surface area contributed by atoms with Crippen molar-refractivity contribution in [2.24, 2.45) is 0 Å². The van der Waals surface area contributed by atoms with Crippen LogP contribution >= 0.6 is 0 Å². The molecule has 2 amide bonds. The number of piperidine rings is 1.